The third-order valence-electron chi connectivity index (χ3n) is 3.23. The lowest BCUT2D eigenvalue weighted by atomic mass is 10.1. The van der Waals surface area contributed by atoms with Crippen molar-refractivity contribution < 1.29 is 4.74 Å². The molecule has 0 radical (unpaired) electrons. The van der Waals surface area contributed by atoms with E-state index >= 15 is 0 Å². The summed E-state index contributed by atoms with van der Waals surface area (Å²) in [5.74, 6) is 0.743. The molecule has 1 rings (SSSR count). The maximum Gasteiger partial charge on any atom is 0.142 e. The number of nitrogen functional groups attached to an aromatic ring is 1. The third-order valence-corrected chi connectivity index (χ3v) is 3.46. The highest BCUT2D eigenvalue weighted by Crippen LogP contribution is 2.25. The molecule has 0 spiro atoms. The van der Waals surface area contributed by atoms with E-state index in [2.05, 4.69) is 6.92 Å². The van der Waals surface area contributed by atoms with E-state index in [0.717, 1.165) is 18.8 Å². The van der Waals surface area contributed by atoms with Crippen molar-refractivity contribution in [3.63, 3.8) is 0 Å². The maximum atomic E-state index is 5.84. The van der Waals surface area contributed by atoms with Crippen LogP contribution in [-0.4, -0.2) is 6.61 Å². The molecule has 0 unspecified atom stereocenters. The standard InChI is InChI=1S/C16H26ClNO/c1-2-3-4-5-6-7-8-9-12-19-16-11-10-14(17)13-15(16)18/h10-11,13H,2-9,12,18H2,1H3. The Morgan fingerprint density at radius 2 is 1.63 bits per heavy atom. The second-order valence-corrected chi connectivity index (χ2v) is 5.44. The molecule has 0 aromatic heterocycles. The predicted octanol–water partition coefficient (Wildman–Crippen LogP) is 5.44. The summed E-state index contributed by atoms with van der Waals surface area (Å²) in [5.41, 5.74) is 6.44. The van der Waals surface area contributed by atoms with E-state index in [0.29, 0.717) is 10.7 Å². The molecular weight excluding hydrogens is 258 g/mol. The third kappa shape index (κ3) is 7.31. The van der Waals surface area contributed by atoms with Crippen LogP contribution in [0, 0.1) is 0 Å². The summed E-state index contributed by atoms with van der Waals surface area (Å²) in [6.07, 6.45) is 10.4. The van der Waals surface area contributed by atoms with Gasteiger partial charge in [0, 0.05) is 5.02 Å². The van der Waals surface area contributed by atoms with Gasteiger partial charge in [0.25, 0.3) is 0 Å². The van der Waals surface area contributed by atoms with Gasteiger partial charge in [-0.05, 0) is 24.6 Å². The summed E-state index contributed by atoms with van der Waals surface area (Å²) in [6.45, 7) is 2.99. The maximum absolute atomic E-state index is 5.84. The van der Waals surface area contributed by atoms with Crippen molar-refractivity contribution in [2.45, 2.75) is 58.3 Å². The first-order valence-electron chi connectivity index (χ1n) is 7.42. The van der Waals surface area contributed by atoms with Crippen molar-refractivity contribution in [3.8, 4) is 5.75 Å². The minimum absolute atomic E-state index is 0.618. The quantitative estimate of drug-likeness (QED) is 0.458. The highest BCUT2D eigenvalue weighted by molar-refractivity contribution is 6.30. The number of ether oxygens (including phenoxy) is 1. The fraction of sp³-hybridized carbons (Fsp3) is 0.625. The zero-order valence-corrected chi connectivity index (χ0v) is 12.7. The molecule has 0 bridgehead atoms. The van der Waals surface area contributed by atoms with Crippen molar-refractivity contribution >= 4 is 17.3 Å². The Morgan fingerprint density at radius 3 is 2.26 bits per heavy atom. The fourth-order valence-corrected chi connectivity index (χ4v) is 2.25. The number of unbranched alkanes of at least 4 members (excludes halogenated alkanes) is 7. The zero-order chi connectivity index (χ0) is 13.9. The first-order chi connectivity index (χ1) is 9.24. The molecule has 2 N–H and O–H groups in total. The molecule has 0 heterocycles. The molecular formula is C16H26ClNO. The summed E-state index contributed by atoms with van der Waals surface area (Å²) < 4.78 is 5.65. The van der Waals surface area contributed by atoms with Gasteiger partial charge in [0.15, 0.2) is 0 Å². The molecule has 0 atom stereocenters. The molecule has 0 saturated heterocycles. The Hall–Kier alpha value is -0.890. The van der Waals surface area contributed by atoms with E-state index in [1.807, 2.05) is 6.07 Å². The minimum atomic E-state index is 0.618. The van der Waals surface area contributed by atoms with Crippen molar-refractivity contribution in [1.29, 1.82) is 0 Å². The van der Waals surface area contributed by atoms with Crippen molar-refractivity contribution in [1.82, 2.24) is 0 Å². The summed E-state index contributed by atoms with van der Waals surface area (Å²) >= 11 is 5.84. The SMILES string of the molecule is CCCCCCCCCCOc1ccc(Cl)cc1N. The Bertz CT molecular complexity index is 355. The smallest absolute Gasteiger partial charge is 0.142 e. The van der Waals surface area contributed by atoms with Crippen LogP contribution in [0.2, 0.25) is 5.02 Å². The normalized spacial score (nSPS) is 10.6. The molecule has 0 fully saturated rings. The molecule has 0 aliphatic heterocycles. The van der Waals surface area contributed by atoms with Crippen molar-refractivity contribution in [2.75, 3.05) is 12.3 Å². The summed E-state index contributed by atoms with van der Waals surface area (Å²) in [7, 11) is 0. The first-order valence-corrected chi connectivity index (χ1v) is 7.79. The predicted molar refractivity (Wildman–Crippen MR) is 84.0 cm³/mol. The summed E-state index contributed by atoms with van der Waals surface area (Å²) in [4.78, 5) is 0. The highest BCUT2D eigenvalue weighted by atomic mass is 35.5. The number of rotatable bonds is 10. The van der Waals surface area contributed by atoms with Crippen LogP contribution in [0.15, 0.2) is 18.2 Å². The minimum Gasteiger partial charge on any atom is -0.491 e. The van der Waals surface area contributed by atoms with E-state index in [9.17, 15) is 0 Å². The molecule has 1 aromatic rings. The first kappa shape index (κ1) is 16.2. The van der Waals surface area contributed by atoms with Crippen LogP contribution in [0.3, 0.4) is 0 Å². The monoisotopic (exact) mass is 283 g/mol. The number of benzene rings is 1. The van der Waals surface area contributed by atoms with E-state index in [1.165, 1.54) is 44.9 Å². The molecule has 1 aromatic carbocycles. The van der Waals surface area contributed by atoms with Crippen molar-refractivity contribution in [3.05, 3.63) is 23.2 Å². The molecule has 0 amide bonds. The average molecular weight is 284 g/mol. The Balaban J connectivity index is 2.01. The molecule has 108 valence electrons. The highest BCUT2D eigenvalue weighted by Gasteiger charge is 2.00. The lowest BCUT2D eigenvalue weighted by molar-refractivity contribution is 0.306. The van der Waals surface area contributed by atoms with Crippen LogP contribution in [0.1, 0.15) is 58.3 Å². The molecule has 2 nitrogen and oxygen atoms in total. The lowest BCUT2D eigenvalue weighted by Crippen LogP contribution is -2.00. The van der Waals surface area contributed by atoms with Crippen LogP contribution >= 0.6 is 11.6 Å². The molecule has 19 heavy (non-hydrogen) atoms. The van der Waals surface area contributed by atoms with Gasteiger partial charge in [-0.25, -0.2) is 0 Å². The van der Waals surface area contributed by atoms with Crippen LogP contribution in [0.5, 0.6) is 5.75 Å². The summed E-state index contributed by atoms with van der Waals surface area (Å²) in [5, 5.41) is 0.650. The van der Waals surface area contributed by atoms with Gasteiger partial charge >= 0.3 is 0 Å². The lowest BCUT2D eigenvalue weighted by Gasteiger charge is -2.08. The van der Waals surface area contributed by atoms with E-state index < -0.39 is 0 Å². The van der Waals surface area contributed by atoms with Gasteiger partial charge in [-0.2, -0.15) is 0 Å². The van der Waals surface area contributed by atoms with Crippen LogP contribution in [-0.2, 0) is 0 Å². The number of anilines is 1. The van der Waals surface area contributed by atoms with E-state index in [1.54, 1.807) is 12.1 Å². The molecule has 3 heteroatoms. The van der Waals surface area contributed by atoms with E-state index in [-0.39, 0.29) is 0 Å². The van der Waals surface area contributed by atoms with E-state index in [4.69, 9.17) is 22.1 Å². The fourth-order valence-electron chi connectivity index (χ4n) is 2.07. The molecule has 0 aliphatic carbocycles. The second-order valence-electron chi connectivity index (χ2n) is 5.01. The van der Waals surface area contributed by atoms with Gasteiger partial charge in [0.05, 0.1) is 12.3 Å². The van der Waals surface area contributed by atoms with Gasteiger partial charge in [0.2, 0.25) is 0 Å². The largest absolute Gasteiger partial charge is 0.491 e. The van der Waals surface area contributed by atoms with Crippen molar-refractivity contribution in [2.24, 2.45) is 0 Å². The Morgan fingerprint density at radius 1 is 1.00 bits per heavy atom. The second kappa shape index (κ2) is 9.96. The van der Waals surface area contributed by atoms with Gasteiger partial charge in [0.1, 0.15) is 5.75 Å². The van der Waals surface area contributed by atoms with Crippen LogP contribution < -0.4 is 10.5 Å². The van der Waals surface area contributed by atoms with Gasteiger partial charge in [-0.3, -0.25) is 0 Å². The number of hydrogen-bond donors (Lipinski definition) is 1. The molecule has 0 aliphatic rings. The van der Waals surface area contributed by atoms with Gasteiger partial charge < -0.3 is 10.5 Å². The summed E-state index contributed by atoms with van der Waals surface area (Å²) in [6, 6.07) is 5.37. The number of nitrogens with two attached hydrogens (primary N) is 1. The van der Waals surface area contributed by atoms with Crippen LogP contribution in [0.25, 0.3) is 0 Å². The Labute approximate surface area is 122 Å². The average Bonchev–Trinajstić information content (AvgIpc) is 2.39. The zero-order valence-electron chi connectivity index (χ0n) is 12.0. The van der Waals surface area contributed by atoms with Gasteiger partial charge in [-0.1, -0.05) is 63.5 Å². The van der Waals surface area contributed by atoms with Gasteiger partial charge in [-0.15, -0.1) is 0 Å². The topological polar surface area (TPSA) is 35.2 Å². The Kier molecular flexibility index (Phi) is 8.48. The molecule has 0 saturated carbocycles. The number of hydrogen-bond acceptors (Lipinski definition) is 2. The van der Waals surface area contributed by atoms with Crippen LogP contribution in [0.4, 0.5) is 5.69 Å². The number of halogens is 1.